The van der Waals surface area contributed by atoms with E-state index in [2.05, 4.69) is 11.9 Å². The van der Waals surface area contributed by atoms with Gasteiger partial charge in [-0.25, -0.2) is 4.98 Å². The Kier molecular flexibility index (Phi) is 2.96. The van der Waals surface area contributed by atoms with Crippen LogP contribution >= 0.6 is 11.3 Å². The molecule has 0 saturated carbocycles. The number of hydrogen-bond acceptors (Lipinski definition) is 3. The van der Waals surface area contributed by atoms with E-state index in [1.807, 2.05) is 17.5 Å². The van der Waals surface area contributed by atoms with E-state index in [0.717, 1.165) is 19.6 Å². The predicted octanol–water partition coefficient (Wildman–Crippen LogP) is 2.60. The summed E-state index contributed by atoms with van der Waals surface area (Å²) in [4.78, 5) is 5.84. The van der Waals surface area contributed by atoms with Gasteiger partial charge in [0.05, 0.1) is 11.6 Å². The van der Waals surface area contributed by atoms with Crippen molar-refractivity contribution >= 4 is 11.3 Å². The Bertz CT molecular complexity index is 266. The van der Waals surface area contributed by atoms with Gasteiger partial charge in [0.15, 0.2) is 0 Å². The van der Waals surface area contributed by atoms with E-state index in [1.54, 1.807) is 0 Å². The second-order valence-corrected chi connectivity index (χ2v) is 4.58. The van der Waals surface area contributed by atoms with E-state index in [1.165, 1.54) is 22.7 Å². The van der Waals surface area contributed by atoms with Crippen molar-refractivity contribution in [3.8, 4) is 0 Å². The van der Waals surface area contributed by atoms with Gasteiger partial charge in [-0.05, 0) is 19.3 Å². The lowest BCUT2D eigenvalue weighted by atomic mass is 10.0. The Morgan fingerprint density at radius 3 is 3.23 bits per heavy atom. The maximum Gasteiger partial charge on any atom is 0.0981 e. The van der Waals surface area contributed by atoms with Gasteiger partial charge >= 0.3 is 0 Å². The highest BCUT2D eigenvalue weighted by Crippen LogP contribution is 2.28. The summed E-state index contributed by atoms with van der Waals surface area (Å²) in [6.07, 6.45) is 5.54. The van der Waals surface area contributed by atoms with Crippen LogP contribution in [-0.2, 0) is 11.2 Å². The number of thiazole rings is 1. The Balaban J connectivity index is 2.05. The standard InChI is InChI=1S/C10H15NOS/c1-2-9-6-11-10(13-9)8-4-3-5-12-7-8/h6,8H,2-5,7H2,1H3. The van der Waals surface area contributed by atoms with Gasteiger partial charge < -0.3 is 4.74 Å². The predicted molar refractivity (Wildman–Crippen MR) is 54.3 cm³/mol. The molecule has 0 spiro atoms. The number of aromatic nitrogens is 1. The first kappa shape index (κ1) is 9.16. The van der Waals surface area contributed by atoms with Crippen LogP contribution in [0.5, 0.6) is 0 Å². The van der Waals surface area contributed by atoms with Gasteiger partial charge in [0.25, 0.3) is 0 Å². The quantitative estimate of drug-likeness (QED) is 0.727. The molecule has 1 unspecified atom stereocenters. The van der Waals surface area contributed by atoms with Gasteiger partial charge in [0, 0.05) is 23.6 Å². The first-order chi connectivity index (χ1) is 6.40. The summed E-state index contributed by atoms with van der Waals surface area (Å²) >= 11 is 1.85. The van der Waals surface area contributed by atoms with Gasteiger partial charge in [0.1, 0.15) is 0 Å². The zero-order valence-corrected chi connectivity index (χ0v) is 8.77. The van der Waals surface area contributed by atoms with Crippen LogP contribution in [0, 0.1) is 0 Å². The highest BCUT2D eigenvalue weighted by molar-refractivity contribution is 7.11. The van der Waals surface area contributed by atoms with E-state index in [-0.39, 0.29) is 0 Å². The summed E-state index contributed by atoms with van der Waals surface area (Å²) in [7, 11) is 0. The Labute approximate surface area is 83.0 Å². The Morgan fingerprint density at radius 1 is 1.69 bits per heavy atom. The molecular formula is C10H15NOS. The third-order valence-electron chi connectivity index (χ3n) is 2.43. The number of rotatable bonds is 2. The molecule has 2 heterocycles. The second-order valence-electron chi connectivity index (χ2n) is 3.43. The molecule has 1 aromatic heterocycles. The fourth-order valence-corrected chi connectivity index (χ4v) is 2.59. The van der Waals surface area contributed by atoms with Crippen molar-refractivity contribution in [1.29, 1.82) is 0 Å². The third-order valence-corrected chi connectivity index (χ3v) is 3.73. The highest BCUT2D eigenvalue weighted by Gasteiger charge is 2.18. The summed E-state index contributed by atoms with van der Waals surface area (Å²) in [5.74, 6) is 0.569. The van der Waals surface area contributed by atoms with Crippen LogP contribution in [0.2, 0.25) is 0 Å². The average molecular weight is 197 g/mol. The lowest BCUT2D eigenvalue weighted by Gasteiger charge is -2.19. The van der Waals surface area contributed by atoms with Crippen LogP contribution in [0.4, 0.5) is 0 Å². The summed E-state index contributed by atoms with van der Waals surface area (Å²) in [6.45, 7) is 3.98. The summed E-state index contributed by atoms with van der Waals surface area (Å²) < 4.78 is 5.45. The zero-order valence-electron chi connectivity index (χ0n) is 7.95. The summed E-state index contributed by atoms with van der Waals surface area (Å²) in [5, 5.41) is 1.27. The Morgan fingerprint density at radius 2 is 2.62 bits per heavy atom. The van der Waals surface area contributed by atoms with E-state index < -0.39 is 0 Å². The van der Waals surface area contributed by atoms with E-state index in [4.69, 9.17) is 4.74 Å². The molecule has 1 fully saturated rings. The topological polar surface area (TPSA) is 22.1 Å². The molecule has 0 N–H and O–H groups in total. The highest BCUT2D eigenvalue weighted by atomic mass is 32.1. The monoisotopic (exact) mass is 197 g/mol. The molecule has 72 valence electrons. The van der Waals surface area contributed by atoms with Crippen molar-refractivity contribution < 1.29 is 4.74 Å². The fourth-order valence-electron chi connectivity index (χ4n) is 1.61. The maximum absolute atomic E-state index is 5.45. The van der Waals surface area contributed by atoms with Crippen LogP contribution in [0.3, 0.4) is 0 Å². The summed E-state index contributed by atoms with van der Waals surface area (Å²) in [6, 6.07) is 0. The SMILES string of the molecule is CCc1cnc(C2CCCOC2)s1. The molecule has 3 heteroatoms. The molecule has 2 rings (SSSR count). The van der Waals surface area contributed by atoms with Crippen LogP contribution in [-0.4, -0.2) is 18.2 Å². The fraction of sp³-hybridized carbons (Fsp3) is 0.700. The molecule has 1 saturated heterocycles. The first-order valence-electron chi connectivity index (χ1n) is 4.92. The van der Waals surface area contributed by atoms with Crippen LogP contribution in [0.1, 0.15) is 35.6 Å². The van der Waals surface area contributed by atoms with Crippen molar-refractivity contribution in [2.75, 3.05) is 13.2 Å². The molecule has 0 radical (unpaired) electrons. The van der Waals surface area contributed by atoms with Gasteiger partial charge in [-0.15, -0.1) is 11.3 Å². The number of hydrogen-bond donors (Lipinski definition) is 0. The second kappa shape index (κ2) is 4.20. The van der Waals surface area contributed by atoms with Crippen LogP contribution < -0.4 is 0 Å². The Hall–Kier alpha value is -0.410. The zero-order chi connectivity index (χ0) is 9.10. The molecule has 1 aliphatic heterocycles. The normalized spacial score (nSPS) is 23.3. The molecule has 1 aromatic rings. The first-order valence-corrected chi connectivity index (χ1v) is 5.74. The molecule has 1 aliphatic rings. The van der Waals surface area contributed by atoms with Crippen molar-refractivity contribution in [3.05, 3.63) is 16.1 Å². The minimum Gasteiger partial charge on any atom is -0.381 e. The molecular weight excluding hydrogens is 182 g/mol. The molecule has 0 bridgehead atoms. The van der Waals surface area contributed by atoms with E-state index >= 15 is 0 Å². The molecule has 2 nitrogen and oxygen atoms in total. The smallest absolute Gasteiger partial charge is 0.0981 e. The van der Waals surface area contributed by atoms with Crippen LogP contribution in [0.25, 0.3) is 0 Å². The maximum atomic E-state index is 5.45. The molecule has 1 atom stereocenters. The largest absolute Gasteiger partial charge is 0.381 e. The van der Waals surface area contributed by atoms with Gasteiger partial charge in [-0.2, -0.15) is 0 Å². The van der Waals surface area contributed by atoms with Gasteiger partial charge in [-0.1, -0.05) is 6.92 Å². The third kappa shape index (κ3) is 2.09. The number of ether oxygens (including phenoxy) is 1. The van der Waals surface area contributed by atoms with Gasteiger partial charge in [-0.3, -0.25) is 0 Å². The minimum atomic E-state index is 0.569. The molecule has 0 aliphatic carbocycles. The average Bonchev–Trinajstić information content (AvgIpc) is 2.67. The molecule has 0 amide bonds. The van der Waals surface area contributed by atoms with E-state index in [0.29, 0.717) is 5.92 Å². The van der Waals surface area contributed by atoms with Gasteiger partial charge in [0.2, 0.25) is 0 Å². The summed E-state index contributed by atoms with van der Waals surface area (Å²) in [5.41, 5.74) is 0. The van der Waals surface area contributed by atoms with E-state index in [9.17, 15) is 0 Å². The van der Waals surface area contributed by atoms with Crippen LogP contribution in [0.15, 0.2) is 6.20 Å². The molecule has 13 heavy (non-hydrogen) atoms. The number of aryl methyl sites for hydroxylation is 1. The van der Waals surface area contributed by atoms with Crippen molar-refractivity contribution in [1.82, 2.24) is 4.98 Å². The van der Waals surface area contributed by atoms with Crippen molar-refractivity contribution in [2.24, 2.45) is 0 Å². The lowest BCUT2D eigenvalue weighted by Crippen LogP contribution is -2.15. The van der Waals surface area contributed by atoms with Crippen molar-refractivity contribution in [2.45, 2.75) is 32.1 Å². The number of nitrogens with zero attached hydrogens (tertiary/aromatic N) is 1. The lowest BCUT2D eigenvalue weighted by molar-refractivity contribution is 0.0804. The minimum absolute atomic E-state index is 0.569. The van der Waals surface area contributed by atoms with Crippen molar-refractivity contribution in [3.63, 3.8) is 0 Å². The molecule has 0 aromatic carbocycles.